The fraction of sp³-hybridized carbons (Fsp3) is 1.00. The van der Waals surface area contributed by atoms with Gasteiger partial charge in [0.15, 0.2) is 0 Å². The zero-order chi connectivity index (χ0) is 13.5. The first-order valence-electron chi connectivity index (χ1n) is 8.56. The topological polar surface area (TPSA) is 0 Å². The van der Waals surface area contributed by atoms with Gasteiger partial charge in [-0.15, -0.1) is 0 Å². The zero-order valence-corrected chi connectivity index (χ0v) is 13.5. The van der Waals surface area contributed by atoms with Crippen molar-refractivity contribution in [2.24, 2.45) is 29.6 Å². The van der Waals surface area contributed by atoms with Crippen molar-refractivity contribution in [3.05, 3.63) is 0 Å². The molecule has 0 nitrogen and oxygen atoms in total. The van der Waals surface area contributed by atoms with Gasteiger partial charge in [-0.05, 0) is 42.4 Å². The molecule has 1 aliphatic carbocycles. The van der Waals surface area contributed by atoms with E-state index in [2.05, 4.69) is 34.6 Å². The lowest BCUT2D eigenvalue weighted by Crippen LogP contribution is -2.32. The Bertz CT molecular complexity index is 206. The van der Waals surface area contributed by atoms with Crippen molar-refractivity contribution in [1.29, 1.82) is 0 Å². The summed E-state index contributed by atoms with van der Waals surface area (Å²) in [5, 5.41) is 0. The molecule has 1 aliphatic rings. The Morgan fingerprint density at radius 3 is 2.28 bits per heavy atom. The van der Waals surface area contributed by atoms with E-state index in [1.807, 2.05) is 0 Å². The summed E-state index contributed by atoms with van der Waals surface area (Å²) in [6.45, 7) is 12.2. The summed E-state index contributed by atoms with van der Waals surface area (Å²) < 4.78 is 0. The average molecular weight is 252 g/mol. The van der Waals surface area contributed by atoms with Crippen molar-refractivity contribution in [2.75, 3.05) is 0 Å². The lowest BCUT2D eigenvalue weighted by molar-refractivity contribution is 0.0937. The van der Waals surface area contributed by atoms with Crippen LogP contribution in [0.25, 0.3) is 0 Å². The fourth-order valence-electron chi connectivity index (χ4n) is 4.04. The third kappa shape index (κ3) is 4.94. The summed E-state index contributed by atoms with van der Waals surface area (Å²) >= 11 is 0. The maximum absolute atomic E-state index is 2.53. The molecule has 0 heterocycles. The monoisotopic (exact) mass is 252 g/mol. The molecule has 0 spiro atoms. The lowest BCUT2D eigenvalue weighted by atomic mass is 9.65. The minimum Gasteiger partial charge on any atom is -0.0654 e. The maximum Gasteiger partial charge on any atom is -0.0355 e. The van der Waals surface area contributed by atoms with Crippen molar-refractivity contribution < 1.29 is 0 Å². The molecular weight excluding hydrogens is 216 g/mol. The second-order valence-electron chi connectivity index (χ2n) is 7.32. The normalized spacial score (nSPS) is 30.7. The van der Waals surface area contributed by atoms with E-state index in [4.69, 9.17) is 0 Å². The first-order chi connectivity index (χ1) is 8.56. The minimum atomic E-state index is 0.889. The quantitative estimate of drug-likeness (QED) is 0.466. The van der Waals surface area contributed by atoms with Crippen LogP contribution in [0, 0.1) is 29.6 Å². The van der Waals surface area contributed by atoms with Crippen LogP contribution in [0.4, 0.5) is 0 Å². The molecular formula is C18H36. The van der Waals surface area contributed by atoms with E-state index in [0.29, 0.717) is 0 Å². The molecule has 0 bridgehead atoms. The van der Waals surface area contributed by atoms with Gasteiger partial charge in [-0.25, -0.2) is 0 Å². The molecule has 0 aliphatic heterocycles. The van der Waals surface area contributed by atoms with E-state index in [1.165, 1.54) is 51.4 Å². The van der Waals surface area contributed by atoms with Gasteiger partial charge in [-0.1, -0.05) is 73.1 Å². The van der Waals surface area contributed by atoms with E-state index in [9.17, 15) is 0 Å². The Morgan fingerprint density at radius 1 is 0.944 bits per heavy atom. The van der Waals surface area contributed by atoms with Crippen LogP contribution >= 0.6 is 0 Å². The molecule has 0 aromatic carbocycles. The summed E-state index contributed by atoms with van der Waals surface area (Å²) in [7, 11) is 0. The largest absolute Gasteiger partial charge is 0.0654 e. The minimum absolute atomic E-state index is 0.889. The Labute approximate surface area is 116 Å². The van der Waals surface area contributed by atoms with Crippen LogP contribution in [0.5, 0.6) is 0 Å². The highest BCUT2D eigenvalue weighted by Crippen LogP contribution is 2.43. The molecule has 0 radical (unpaired) electrons. The van der Waals surface area contributed by atoms with Gasteiger partial charge in [0.1, 0.15) is 0 Å². The third-order valence-electron chi connectivity index (χ3n) is 5.32. The molecule has 4 atom stereocenters. The van der Waals surface area contributed by atoms with Gasteiger partial charge in [0.05, 0.1) is 0 Å². The highest BCUT2D eigenvalue weighted by atomic mass is 14.4. The van der Waals surface area contributed by atoms with Crippen molar-refractivity contribution in [1.82, 2.24) is 0 Å². The molecule has 0 aromatic rings. The first kappa shape index (κ1) is 16.1. The van der Waals surface area contributed by atoms with Crippen LogP contribution in [-0.4, -0.2) is 0 Å². The molecule has 1 saturated carbocycles. The SMILES string of the molecule is CCCCCCC(C)C1CC(C)CCC1C(C)C. The zero-order valence-electron chi connectivity index (χ0n) is 13.5. The number of hydrogen-bond acceptors (Lipinski definition) is 0. The van der Waals surface area contributed by atoms with Gasteiger partial charge in [0, 0.05) is 0 Å². The smallest absolute Gasteiger partial charge is 0.0355 e. The molecule has 0 heteroatoms. The van der Waals surface area contributed by atoms with Crippen LogP contribution in [-0.2, 0) is 0 Å². The third-order valence-corrected chi connectivity index (χ3v) is 5.32. The van der Waals surface area contributed by atoms with E-state index >= 15 is 0 Å². The summed E-state index contributed by atoms with van der Waals surface area (Å²) in [5.41, 5.74) is 0. The molecule has 1 rings (SSSR count). The van der Waals surface area contributed by atoms with Crippen LogP contribution in [0.15, 0.2) is 0 Å². The Hall–Kier alpha value is 0. The van der Waals surface area contributed by atoms with Gasteiger partial charge in [0.25, 0.3) is 0 Å². The van der Waals surface area contributed by atoms with Crippen LogP contribution in [0.2, 0.25) is 0 Å². The first-order valence-corrected chi connectivity index (χ1v) is 8.56. The highest BCUT2D eigenvalue weighted by molar-refractivity contribution is 4.83. The van der Waals surface area contributed by atoms with Crippen molar-refractivity contribution in [3.8, 4) is 0 Å². The van der Waals surface area contributed by atoms with Crippen LogP contribution < -0.4 is 0 Å². The fourth-order valence-corrected chi connectivity index (χ4v) is 4.04. The molecule has 0 amide bonds. The average Bonchev–Trinajstić information content (AvgIpc) is 2.34. The predicted molar refractivity (Wildman–Crippen MR) is 82.8 cm³/mol. The van der Waals surface area contributed by atoms with Crippen molar-refractivity contribution in [3.63, 3.8) is 0 Å². The Kier molecular flexibility index (Phi) is 7.34. The lowest BCUT2D eigenvalue weighted by Gasteiger charge is -2.41. The summed E-state index contributed by atoms with van der Waals surface area (Å²) in [6, 6.07) is 0. The van der Waals surface area contributed by atoms with Crippen LogP contribution in [0.3, 0.4) is 0 Å². The van der Waals surface area contributed by atoms with E-state index in [1.54, 1.807) is 0 Å². The van der Waals surface area contributed by atoms with Gasteiger partial charge < -0.3 is 0 Å². The van der Waals surface area contributed by atoms with Crippen molar-refractivity contribution >= 4 is 0 Å². The molecule has 18 heavy (non-hydrogen) atoms. The predicted octanol–water partition coefficient (Wildman–Crippen LogP) is 6.30. The van der Waals surface area contributed by atoms with Gasteiger partial charge in [0.2, 0.25) is 0 Å². The molecule has 4 unspecified atom stereocenters. The Morgan fingerprint density at radius 2 is 1.67 bits per heavy atom. The molecule has 108 valence electrons. The number of hydrogen-bond donors (Lipinski definition) is 0. The standard InChI is InChI=1S/C18H36/c1-6-7-8-9-10-16(5)18-13-15(4)11-12-17(18)14(2)3/h14-18H,6-13H2,1-5H3. The highest BCUT2D eigenvalue weighted by Gasteiger charge is 2.33. The molecule has 0 aromatic heterocycles. The van der Waals surface area contributed by atoms with Gasteiger partial charge in [-0.3, -0.25) is 0 Å². The second kappa shape index (κ2) is 8.23. The maximum atomic E-state index is 2.53. The van der Waals surface area contributed by atoms with E-state index in [-0.39, 0.29) is 0 Å². The second-order valence-corrected chi connectivity index (χ2v) is 7.32. The van der Waals surface area contributed by atoms with Crippen LogP contribution in [0.1, 0.15) is 86.0 Å². The van der Waals surface area contributed by atoms with E-state index < -0.39 is 0 Å². The van der Waals surface area contributed by atoms with E-state index in [0.717, 1.165) is 29.6 Å². The molecule has 1 fully saturated rings. The number of rotatable bonds is 7. The Balaban J connectivity index is 2.42. The van der Waals surface area contributed by atoms with Gasteiger partial charge in [-0.2, -0.15) is 0 Å². The summed E-state index contributed by atoms with van der Waals surface area (Å²) in [4.78, 5) is 0. The summed E-state index contributed by atoms with van der Waals surface area (Å²) in [6.07, 6.45) is 11.6. The van der Waals surface area contributed by atoms with Gasteiger partial charge >= 0.3 is 0 Å². The summed E-state index contributed by atoms with van der Waals surface area (Å²) in [5.74, 6) is 4.83. The molecule has 0 saturated heterocycles. The van der Waals surface area contributed by atoms with Crippen molar-refractivity contribution in [2.45, 2.75) is 86.0 Å². The number of unbranched alkanes of at least 4 members (excludes halogenated alkanes) is 3. The molecule has 0 N–H and O–H groups in total.